The summed E-state index contributed by atoms with van der Waals surface area (Å²) in [5, 5.41) is 64.5. The molecule has 14 nitrogen and oxygen atoms in total. The van der Waals surface area contributed by atoms with Gasteiger partial charge in [0.05, 0.1) is 32.0 Å². The van der Waals surface area contributed by atoms with E-state index in [4.69, 9.17) is 9.47 Å². The standard InChI is InChI=1S/C38H43N3O11/c1-21(7-5-12-30(43)40-19-24-10-4-3-9-23(24)16-26(40)20-42)38(50)28-17-27(51-2)13-14-29(28)41(37(38)49)18-22-8-6-11-25(15-22)39-35(47)34-32(45)31(44)33(46)36(48)52-34/h3-11,13-15,17,21,26,31-34,36,42,44-46,48,50H,12,16,18-20H2,1-2H3,(H,39,47)/b7-5+/t21-,26-,31-,32-,33+,34-,36+,38+/m0/s1. The van der Waals surface area contributed by atoms with E-state index in [1.165, 1.54) is 12.0 Å². The lowest BCUT2D eigenvalue weighted by Crippen LogP contribution is -2.60. The van der Waals surface area contributed by atoms with Crippen LogP contribution in [-0.2, 0) is 44.2 Å². The maximum Gasteiger partial charge on any atom is 0.264 e. The molecule has 0 radical (unpaired) electrons. The van der Waals surface area contributed by atoms with Crippen LogP contribution in [0.5, 0.6) is 5.75 Å². The molecule has 0 aromatic heterocycles. The van der Waals surface area contributed by atoms with Gasteiger partial charge >= 0.3 is 0 Å². The molecule has 3 amide bonds. The minimum absolute atomic E-state index is 0.00188. The molecule has 0 saturated carbocycles. The highest BCUT2D eigenvalue weighted by Crippen LogP contribution is 2.47. The van der Waals surface area contributed by atoms with Gasteiger partial charge in [-0.3, -0.25) is 14.4 Å². The summed E-state index contributed by atoms with van der Waals surface area (Å²) in [7, 11) is 1.48. The zero-order valence-electron chi connectivity index (χ0n) is 28.7. The van der Waals surface area contributed by atoms with Crippen molar-refractivity contribution in [2.24, 2.45) is 5.92 Å². The molecular formula is C38H43N3O11. The summed E-state index contributed by atoms with van der Waals surface area (Å²) in [6.45, 7) is 1.88. The van der Waals surface area contributed by atoms with E-state index in [2.05, 4.69) is 5.32 Å². The highest BCUT2D eigenvalue weighted by atomic mass is 16.6. The summed E-state index contributed by atoms with van der Waals surface area (Å²) in [5.74, 6) is -2.03. The van der Waals surface area contributed by atoms with E-state index >= 15 is 0 Å². The van der Waals surface area contributed by atoms with Gasteiger partial charge in [0.15, 0.2) is 18.0 Å². The minimum Gasteiger partial charge on any atom is -0.497 e. The number of benzene rings is 3. The molecule has 7 N–H and O–H groups in total. The number of rotatable bonds is 10. The molecular weight excluding hydrogens is 674 g/mol. The van der Waals surface area contributed by atoms with Crippen molar-refractivity contribution >= 4 is 29.1 Å². The van der Waals surface area contributed by atoms with Gasteiger partial charge in [0.2, 0.25) is 5.91 Å². The van der Waals surface area contributed by atoms with Crippen LogP contribution in [0.25, 0.3) is 0 Å². The molecule has 0 bridgehead atoms. The number of carbonyl (C=O) groups excluding carboxylic acids is 3. The number of aliphatic hydroxyl groups excluding tert-OH is 5. The van der Waals surface area contributed by atoms with Crippen LogP contribution in [-0.4, -0.2) is 104 Å². The number of fused-ring (bicyclic) bond motifs is 2. The normalized spacial score (nSPS) is 27.7. The molecule has 3 heterocycles. The summed E-state index contributed by atoms with van der Waals surface area (Å²) in [5.41, 5.74) is 1.69. The average molecular weight is 718 g/mol. The van der Waals surface area contributed by atoms with Crippen LogP contribution in [0.2, 0.25) is 0 Å². The third-order valence-electron chi connectivity index (χ3n) is 10.1. The van der Waals surface area contributed by atoms with E-state index in [1.807, 2.05) is 24.3 Å². The van der Waals surface area contributed by atoms with Gasteiger partial charge in [0.1, 0.15) is 24.1 Å². The summed E-state index contributed by atoms with van der Waals surface area (Å²) < 4.78 is 10.4. The molecule has 3 aromatic carbocycles. The number of hydrogen-bond donors (Lipinski definition) is 7. The monoisotopic (exact) mass is 717 g/mol. The van der Waals surface area contributed by atoms with Crippen molar-refractivity contribution in [2.45, 2.75) is 75.2 Å². The quantitative estimate of drug-likeness (QED) is 0.145. The molecule has 1 saturated heterocycles. The number of hydrogen-bond acceptors (Lipinski definition) is 11. The van der Waals surface area contributed by atoms with Crippen LogP contribution in [0.3, 0.4) is 0 Å². The number of carbonyl (C=O) groups is 3. The Balaban J connectivity index is 1.18. The fourth-order valence-corrected chi connectivity index (χ4v) is 7.10. The lowest BCUT2D eigenvalue weighted by Gasteiger charge is -2.37. The number of methoxy groups -OCH3 is 1. The maximum atomic E-state index is 14.2. The molecule has 3 aliphatic rings. The highest BCUT2D eigenvalue weighted by Gasteiger charge is 2.53. The van der Waals surface area contributed by atoms with Crippen molar-refractivity contribution in [1.82, 2.24) is 4.90 Å². The summed E-state index contributed by atoms with van der Waals surface area (Å²) in [6.07, 6.45) is -5.14. The van der Waals surface area contributed by atoms with Crippen molar-refractivity contribution in [3.8, 4) is 5.75 Å². The molecule has 52 heavy (non-hydrogen) atoms. The number of ether oxygens (including phenoxy) is 2. The maximum absolute atomic E-state index is 14.2. The van der Waals surface area contributed by atoms with Gasteiger partial charge in [0.25, 0.3) is 11.8 Å². The number of anilines is 2. The molecule has 0 unspecified atom stereocenters. The second kappa shape index (κ2) is 15.1. The van der Waals surface area contributed by atoms with E-state index < -0.39 is 54.0 Å². The van der Waals surface area contributed by atoms with Crippen LogP contribution in [0.1, 0.15) is 35.6 Å². The molecule has 6 rings (SSSR count). The third-order valence-corrected chi connectivity index (χ3v) is 10.1. The van der Waals surface area contributed by atoms with E-state index in [9.17, 15) is 45.0 Å². The van der Waals surface area contributed by atoms with E-state index in [0.29, 0.717) is 35.5 Å². The van der Waals surface area contributed by atoms with Crippen molar-refractivity contribution in [1.29, 1.82) is 0 Å². The predicted molar refractivity (Wildman–Crippen MR) is 187 cm³/mol. The Kier molecular flexibility index (Phi) is 10.8. The molecule has 3 aromatic rings. The molecule has 0 aliphatic carbocycles. The van der Waals surface area contributed by atoms with Gasteiger partial charge in [0, 0.05) is 30.1 Å². The second-order valence-electron chi connectivity index (χ2n) is 13.4. The van der Waals surface area contributed by atoms with Gasteiger partial charge < -0.3 is 55.2 Å². The van der Waals surface area contributed by atoms with Crippen LogP contribution < -0.4 is 15.0 Å². The average Bonchev–Trinajstić information content (AvgIpc) is 3.36. The van der Waals surface area contributed by atoms with Crippen LogP contribution >= 0.6 is 0 Å². The minimum atomic E-state index is -2.02. The van der Waals surface area contributed by atoms with Crippen molar-refractivity contribution in [3.05, 3.63) is 101 Å². The Hall–Kier alpha value is -4.67. The number of amides is 3. The van der Waals surface area contributed by atoms with Gasteiger partial charge in [-0.2, -0.15) is 0 Å². The lowest BCUT2D eigenvalue weighted by atomic mass is 9.82. The van der Waals surface area contributed by atoms with Crippen LogP contribution in [0.15, 0.2) is 78.9 Å². The number of nitrogens with one attached hydrogen (secondary N) is 1. The molecule has 14 heteroatoms. The first-order valence-electron chi connectivity index (χ1n) is 17.0. The van der Waals surface area contributed by atoms with E-state index in [1.54, 1.807) is 66.4 Å². The summed E-state index contributed by atoms with van der Waals surface area (Å²) in [4.78, 5) is 43.5. The molecule has 1 fully saturated rings. The first-order chi connectivity index (χ1) is 24.9. The number of nitrogens with zero attached hydrogens (tertiary/aromatic N) is 2. The van der Waals surface area contributed by atoms with Gasteiger partial charge in [-0.05, 0) is 53.4 Å². The lowest BCUT2D eigenvalue weighted by molar-refractivity contribution is -0.274. The highest BCUT2D eigenvalue weighted by molar-refractivity contribution is 6.07. The fourth-order valence-electron chi connectivity index (χ4n) is 7.10. The van der Waals surface area contributed by atoms with Gasteiger partial charge in [-0.15, -0.1) is 0 Å². The molecule has 276 valence electrons. The third kappa shape index (κ3) is 6.94. The van der Waals surface area contributed by atoms with Crippen LogP contribution in [0.4, 0.5) is 11.4 Å². The predicted octanol–water partition coefficient (Wildman–Crippen LogP) is 0.696. The van der Waals surface area contributed by atoms with Crippen molar-refractivity contribution in [2.75, 3.05) is 23.9 Å². The van der Waals surface area contributed by atoms with E-state index in [-0.39, 0.29) is 37.2 Å². The summed E-state index contributed by atoms with van der Waals surface area (Å²) >= 11 is 0. The number of aliphatic hydroxyl groups is 6. The zero-order chi connectivity index (χ0) is 37.3. The van der Waals surface area contributed by atoms with E-state index in [0.717, 1.165) is 11.1 Å². The Morgan fingerprint density at radius 1 is 1.02 bits per heavy atom. The molecule has 0 spiro atoms. The zero-order valence-corrected chi connectivity index (χ0v) is 28.7. The summed E-state index contributed by atoms with van der Waals surface area (Å²) in [6, 6.07) is 18.9. The SMILES string of the molecule is COc1ccc2c(c1)[C@](O)([C@@H](C)/C=C/CC(=O)N1Cc3ccccc3C[C@H]1CO)C(=O)N2Cc1cccc(NC(=O)[C@H]2O[C@@H](O)[C@H](O)[C@@H](O)[C@@H]2O)c1. The van der Waals surface area contributed by atoms with Crippen molar-refractivity contribution in [3.63, 3.8) is 0 Å². The first-order valence-corrected chi connectivity index (χ1v) is 17.0. The van der Waals surface area contributed by atoms with Gasteiger partial charge in [-0.25, -0.2) is 0 Å². The molecule has 8 atom stereocenters. The second-order valence-corrected chi connectivity index (χ2v) is 13.4. The van der Waals surface area contributed by atoms with Crippen LogP contribution in [0, 0.1) is 5.92 Å². The Morgan fingerprint density at radius 3 is 2.50 bits per heavy atom. The first kappa shape index (κ1) is 37.1. The smallest absolute Gasteiger partial charge is 0.264 e. The Morgan fingerprint density at radius 2 is 1.77 bits per heavy atom. The topological polar surface area (TPSA) is 210 Å². The molecule has 3 aliphatic heterocycles. The Bertz CT molecular complexity index is 1850. The Labute approximate surface area is 300 Å². The van der Waals surface area contributed by atoms with Gasteiger partial charge in [-0.1, -0.05) is 55.5 Å². The van der Waals surface area contributed by atoms with Crippen molar-refractivity contribution < 1.29 is 54.5 Å². The largest absolute Gasteiger partial charge is 0.497 e. The fraction of sp³-hybridized carbons (Fsp3) is 0.395.